The molecule has 2 N–H and O–H groups in total. The maximum Gasteiger partial charge on any atom is 0.191 e. The van der Waals surface area contributed by atoms with Crippen molar-refractivity contribution in [3.63, 3.8) is 0 Å². The number of likely N-dealkylation sites (N-methyl/N-ethyl adjacent to an activating group) is 1. The molecule has 5 nitrogen and oxygen atoms in total. The van der Waals surface area contributed by atoms with Gasteiger partial charge in [0.2, 0.25) is 0 Å². The zero-order valence-electron chi connectivity index (χ0n) is 15.8. The van der Waals surface area contributed by atoms with Crippen LogP contribution in [0.3, 0.4) is 0 Å². The molecule has 5 heteroatoms. The Morgan fingerprint density at radius 3 is 2.76 bits per heavy atom. The van der Waals surface area contributed by atoms with Gasteiger partial charge >= 0.3 is 0 Å². The Morgan fingerprint density at radius 1 is 1.24 bits per heavy atom. The van der Waals surface area contributed by atoms with Gasteiger partial charge in [0.15, 0.2) is 5.96 Å². The monoisotopic (exact) mass is 346 g/mol. The van der Waals surface area contributed by atoms with Gasteiger partial charge in [0.1, 0.15) is 0 Å². The van der Waals surface area contributed by atoms with Crippen LogP contribution in [-0.4, -0.2) is 57.3 Å². The van der Waals surface area contributed by atoms with E-state index in [1.807, 2.05) is 0 Å². The van der Waals surface area contributed by atoms with Crippen LogP contribution in [0.1, 0.15) is 31.7 Å². The number of ether oxygens (including phenoxy) is 1. The molecule has 1 aromatic carbocycles. The highest BCUT2D eigenvalue weighted by atomic mass is 16.5. The van der Waals surface area contributed by atoms with Crippen molar-refractivity contribution < 1.29 is 4.74 Å². The summed E-state index contributed by atoms with van der Waals surface area (Å²) in [6.45, 7) is 8.36. The van der Waals surface area contributed by atoms with Gasteiger partial charge < -0.3 is 20.3 Å². The fourth-order valence-corrected chi connectivity index (χ4v) is 2.57. The number of benzene rings is 1. The fraction of sp³-hybridized carbons (Fsp3) is 0.650. The molecular weight excluding hydrogens is 312 g/mol. The first kappa shape index (κ1) is 19.7. The minimum absolute atomic E-state index is 0.805. The number of nitrogens with zero attached hydrogens (tertiary/aromatic N) is 2. The third-order valence-corrected chi connectivity index (χ3v) is 4.19. The van der Waals surface area contributed by atoms with E-state index in [-0.39, 0.29) is 0 Å². The molecule has 0 spiro atoms. The minimum Gasteiger partial charge on any atom is -0.381 e. The molecule has 0 aliphatic heterocycles. The highest BCUT2D eigenvalue weighted by molar-refractivity contribution is 5.79. The third-order valence-electron chi connectivity index (χ3n) is 4.19. The van der Waals surface area contributed by atoms with Crippen molar-refractivity contribution >= 4 is 5.96 Å². The second-order valence-electron chi connectivity index (χ2n) is 6.78. The number of guanidine groups is 1. The van der Waals surface area contributed by atoms with Gasteiger partial charge in [-0.1, -0.05) is 30.3 Å². The van der Waals surface area contributed by atoms with Gasteiger partial charge in [-0.05, 0) is 44.7 Å². The maximum absolute atomic E-state index is 5.65. The summed E-state index contributed by atoms with van der Waals surface area (Å²) in [4.78, 5) is 6.94. The van der Waals surface area contributed by atoms with Crippen molar-refractivity contribution in [1.82, 2.24) is 15.5 Å². The van der Waals surface area contributed by atoms with Crippen molar-refractivity contribution in [3.05, 3.63) is 35.9 Å². The quantitative estimate of drug-likeness (QED) is 0.347. The van der Waals surface area contributed by atoms with Crippen LogP contribution in [0.5, 0.6) is 0 Å². The molecule has 1 fully saturated rings. The standard InChI is InChI=1S/C20H34N4O/c1-3-21-20(22-12-7-15-25-17-19-10-11-19)23-13-14-24(2)16-18-8-5-4-6-9-18/h4-6,8-9,19H,3,7,10-17H2,1-2H3,(H2,21,22,23). The van der Waals surface area contributed by atoms with Crippen molar-refractivity contribution in [2.75, 3.05) is 46.4 Å². The summed E-state index contributed by atoms with van der Waals surface area (Å²) in [6.07, 6.45) is 3.69. The van der Waals surface area contributed by atoms with E-state index in [2.05, 4.69) is 64.8 Å². The van der Waals surface area contributed by atoms with Crippen LogP contribution in [0.2, 0.25) is 0 Å². The molecule has 0 amide bonds. The zero-order valence-corrected chi connectivity index (χ0v) is 15.8. The number of aliphatic imine (C=N–C) groups is 1. The van der Waals surface area contributed by atoms with Gasteiger partial charge in [0.05, 0.1) is 0 Å². The Kier molecular flexibility index (Phi) is 9.37. The second kappa shape index (κ2) is 11.9. The Labute approximate surface area is 152 Å². The summed E-state index contributed by atoms with van der Waals surface area (Å²) >= 11 is 0. The van der Waals surface area contributed by atoms with E-state index in [0.717, 1.165) is 64.2 Å². The second-order valence-corrected chi connectivity index (χ2v) is 6.78. The van der Waals surface area contributed by atoms with Gasteiger partial charge in [-0.3, -0.25) is 4.99 Å². The van der Waals surface area contributed by atoms with Crippen LogP contribution in [0.25, 0.3) is 0 Å². The minimum atomic E-state index is 0.805. The maximum atomic E-state index is 5.65. The zero-order chi connectivity index (χ0) is 17.7. The van der Waals surface area contributed by atoms with Crippen molar-refractivity contribution in [2.45, 2.75) is 32.7 Å². The first-order valence-electron chi connectivity index (χ1n) is 9.60. The lowest BCUT2D eigenvalue weighted by atomic mass is 10.2. The summed E-state index contributed by atoms with van der Waals surface area (Å²) in [5, 5.41) is 6.72. The van der Waals surface area contributed by atoms with E-state index in [9.17, 15) is 0 Å². The van der Waals surface area contributed by atoms with E-state index in [1.165, 1.54) is 18.4 Å². The van der Waals surface area contributed by atoms with Crippen LogP contribution in [0.15, 0.2) is 35.3 Å². The molecule has 0 aromatic heterocycles. The van der Waals surface area contributed by atoms with Crippen molar-refractivity contribution in [1.29, 1.82) is 0 Å². The summed E-state index contributed by atoms with van der Waals surface area (Å²) < 4.78 is 5.65. The van der Waals surface area contributed by atoms with Crippen LogP contribution < -0.4 is 10.6 Å². The highest BCUT2D eigenvalue weighted by Crippen LogP contribution is 2.28. The molecular formula is C20H34N4O. The van der Waals surface area contributed by atoms with Crippen LogP contribution in [0.4, 0.5) is 0 Å². The lowest BCUT2D eigenvalue weighted by Gasteiger charge is -2.18. The van der Waals surface area contributed by atoms with E-state index in [4.69, 9.17) is 4.74 Å². The molecule has 0 unspecified atom stereocenters. The van der Waals surface area contributed by atoms with E-state index >= 15 is 0 Å². The summed E-state index contributed by atoms with van der Waals surface area (Å²) in [6, 6.07) is 10.6. The average Bonchev–Trinajstić information content (AvgIpc) is 3.43. The van der Waals surface area contributed by atoms with E-state index in [0.29, 0.717) is 0 Å². The molecule has 0 atom stereocenters. The molecule has 0 saturated heterocycles. The van der Waals surface area contributed by atoms with Crippen molar-refractivity contribution in [2.24, 2.45) is 10.9 Å². The molecule has 1 saturated carbocycles. The Morgan fingerprint density at radius 2 is 2.04 bits per heavy atom. The largest absolute Gasteiger partial charge is 0.381 e. The van der Waals surface area contributed by atoms with Gasteiger partial charge in [0, 0.05) is 45.9 Å². The Hall–Kier alpha value is -1.59. The number of hydrogen-bond acceptors (Lipinski definition) is 3. The van der Waals surface area contributed by atoms with Crippen molar-refractivity contribution in [3.8, 4) is 0 Å². The van der Waals surface area contributed by atoms with E-state index < -0.39 is 0 Å². The molecule has 0 radical (unpaired) electrons. The normalized spacial score (nSPS) is 14.8. The molecule has 1 aromatic rings. The molecule has 25 heavy (non-hydrogen) atoms. The third kappa shape index (κ3) is 9.46. The number of rotatable bonds is 12. The molecule has 1 aliphatic rings. The lowest BCUT2D eigenvalue weighted by molar-refractivity contribution is 0.123. The summed E-state index contributed by atoms with van der Waals surface area (Å²) in [7, 11) is 2.15. The average molecular weight is 347 g/mol. The Balaban J connectivity index is 1.57. The summed E-state index contributed by atoms with van der Waals surface area (Å²) in [5.74, 6) is 1.74. The molecule has 2 rings (SSSR count). The highest BCUT2D eigenvalue weighted by Gasteiger charge is 2.20. The topological polar surface area (TPSA) is 48.9 Å². The molecule has 0 heterocycles. The molecule has 1 aliphatic carbocycles. The summed E-state index contributed by atoms with van der Waals surface area (Å²) in [5.41, 5.74) is 1.34. The predicted octanol–water partition coefficient (Wildman–Crippen LogP) is 2.49. The SMILES string of the molecule is CCNC(=NCCCOCC1CC1)NCCN(C)Cc1ccccc1. The lowest BCUT2D eigenvalue weighted by Crippen LogP contribution is -2.41. The number of hydrogen-bond donors (Lipinski definition) is 2. The van der Waals surface area contributed by atoms with E-state index in [1.54, 1.807) is 0 Å². The predicted molar refractivity (Wildman–Crippen MR) is 105 cm³/mol. The van der Waals surface area contributed by atoms with Gasteiger partial charge in [0.25, 0.3) is 0 Å². The first-order chi connectivity index (χ1) is 12.3. The van der Waals surface area contributed by atoms with Crippen LogP contribution >= 0.6 is 0 Å². The molecule has 140 valence electrons. The Bertz CT molecular complexity index is 488. The fourth-order valence-electron chi connectivity index (χ4n) is 2.57. The van der Waals surface area contributed by atoms with Crippen LogP contribution in [-0.2, 0) is 11.3 Å². The molecule has 0 bridgehead atoms. The van der Waals surface area contributed by atoms with Gasteiger partial charge in [-0.2, -0.15) is 0 Å². The van der Waals surface area contributed by atoms with Gasteiger partial charge in [-0.25, -0.2) is 0 Å². The van der Waals surface area contributed by atoms with Gasteiger partial charge in [-0.15, -0.1) is 0 Å². The smallest absolute Gasteiger partial charge is 0.191 e. The number of nitrogens with one attached hydrogen (secondary N) is 2. The van der Waals surface area contributed by atoms with Crippen LogP contribution in [0, 0.1) is 5.92 Å². The first-order valence-corrected chi connectivity index (χ1v) is 9.60.